The van der Waals surface area contributed by atoms with Gasteiger partial charge in [-0.3, -0.25) is 15.1 Å². The summed E-state index contributed by atoms with van der Waals surface area (Å²) in [4.78, 5) is 13.7. The lowest BCUT2D eigenvalue weighted by atomic mass is 9.96. The number of halogens is 2. The van der Waals surface area contributed by atoms with E-state index < -0.39 is 0 Å². The Balaban J connectivity index is 1.88. The first-order valence-corrected chi connectivity index (χ1v) is 7.02. The molecule has 3 N–H and O–H groups in total. The Morgan fingerprint density at radius 2 is 2.00 bits per heavy atom. The fraction of sp³-hybridized carbons (Fsp3) is 0.462. The summed E-state index contributed by atoms with van der Waals surface area (Å²) in [7, 11) is 0. The average molecular weight is 302 g/mol. The van der Waals surface area contributed by atoms with Crippen molar-refractivity contribution in [2.75, 3.05) is 13.1 Å². The number of hydrazine groups is 1. The van der Waals surface area contributed by atoms with Crippen molar-refractivity contribution in [3.63, 3.8) is 0 Å². The van der Waals surface area contributed by atoms with Gasteiger partial charge in [-0.1, -0.05) is 29.3 Å². The molecule has 0 aromatic heterocycles. The van der Waals surface area contributed by atoms with Crippen LogP contribution in [0.4, 0.5) is 0 Å². The quantitative estimate of drug-likeness (QED) is 0.511. The highest BCUT2D eigenvalue weighted by Crippen LogP contribution is 2.24. The molecule has 6 heteroatoms. The Labute approximate surface area is 122 Å². The molecule has 2 rings (SSSR count). The minimum Gasteiger partial charge on any atom is -0.299 e. The Morgan fingerprint density at radius 1 is 1.32 bits per heavy atom. The minimum atomic E-state index is -0.0609. The van der Waals surface area contributed by atoms with Crippen LogP contribution in [0.15, 0.2) is 18.2 Å². The van der Waals surface area contributed by atoms with E-state index in [0.717, 1.165) is 38.0 Å². The Kier molecular flexibility index (Phi) is 5.05. The number of nitrogens with two attached hydrogens (primary N) is 1. The van der Waals surface area contributed by atoms with Gasteiger partial charge in [0.15, 0.2) is 0 Å². The van der Waals surface area contributed by atoms with Crippen LogP contribution in [0.5, 0.6) is 0 Å². The number of hydrogen-bond acceptors (Lipinski definition) is 3. The van der Waals surface area contributed by atoms with Crippen LogP contribution in [-0.2, 0) is 11.3 Å². The van der Waals surface area contributed by atoms with E-state index in [2.05, 4.69) is 10.3 Å². The third-order valence-electron chi connectivity index (χ3n) is 3.49. The van der Waals surface area contributed by atoms with E-state index in [-0.39, 0.29) is 11.8 Å². The summed E-state index contributed by atoms with van der Waals surface area (Å²) in [6.07, 6.45) is 1.68. The zero-order valence-corrected chi connectivity index (χ0v) is 12.0. The maximum absolute atomic E-state index is 11.4. The lowest BCUT2D eigenvalue weighted by Gasteiger charge is -2.31. The molecule has 0 bridgehead atoms. The van der Waals surface area contributed by atoms with Crippen molar-refractivity contribution in [2.24, 2.45) is 11.8 Å². The molecular weight excluding hydrogens is 285 g/mol. The highest BCUT2D eigenvalue weighted by atomic mass is 35.5. The number of nitrogens with one attached hydrogen (secondary N) is 1. The number of carbonyl (C=O) groups is 1. The topological polar surface area (TPSA) is 58.4 Å². The van der Waals surface area contributed by atoms with Crippen LogP contribution in [0.25, 0.3) is 0 Å². The van der Waals surface area contributed by atoms with Gasteiger partial charge in [-0.15, -0.1) is 0 Å². The van der Waals surface area contributed by atoms with Crippen LogP contribution in [0.3, 0.4) is 0 Å². The summed E-state index contributed by atoms with van der Waals surface area (Å²) in [5, 5.41) is 1.15. The third-order valence-corrected chi connectivity index (χ3v) is 4.23. The molecule has 0 atom stereocenters. The zero-order valence-electron chi connectivity index (χ0n) is 10.5. The Bertz CT molecular complexity index is 459. The average Bonchev–Trinajstić information content (AvgIpc) is 2.43. The van der Waals surface area contributed by atoms with E-state index in [1.165, 1.54) is 0 Å². The Morgan fingerprint density at radius 3 is 2.58 bits per heavy atom. The first kappa shape index (κ1) is 14.6. The van der Waals surface area contributed by atoms with Crippen molar-refractivity contribution in [2.45, 2.75) is 19.4 Å². The molecule has 104 valence electrons. The summed E-state index contributed by atoms with van der Waals surface area (Å²) in [6, 6.07) is 5.68. The van der Waals surface area contributed by atoms with Gasteiger partial charge in [0.2, 0.25) is 5.91 Å². The summed E-state index contributed by atoms with van der Waals surface area (Å²) in [5.41, 5.74) is 3.36. The third kappa shape index (κ3) is 3.83. The fourth-order valence-corrected chi connectivity index (χ4v) is 2.69. The molecule has 0 spiro atoms. The van der Waals surface area contributed by atoms with Gasteiger partial charge in [0.25, 0.3) is 0 Å². The van der Waals surface area contributed by atoms with E-state index in [1.54, 1.807) is 0 Å². The molecule has 1 heterocycles. The van der Waals surface area contributed by atoms with Crippen LogP contribution in [-0.4, -0.2) is 23.9 Å². The molecule has 1 aliphatic rings. The molecule has 0 saturated carbocycles. The van der Waals surface area contributed by atoms with Gasteiger partial charge in [0.1, 0.15) is 0 Å². The second-order valence-corrected chi connectivity index (χ2v) is 5.62. The molecule has 1 aromatic carbocycles. The minimum absolute atomic E-state index is 0.0371. The monoisotopic (exact) mass is 301 g/mol. The largest absolute Gasteiger partial charge is 0.299 e. The molecule has 1 fully saturated rings. The van der Waals surface area contributed by atoms with E-state index in [1.807, 2.05) is 18.2 Å². The summed E-state index contributed by atoms with van der Waals surface area (Å²) >= 11 is 11.9. The summed E-state index contributed by atoms with van der Waals surface area (Å²) in [6.45, 7) is 2.60. The van der Waals surface area contributed by atoms with E-state index in [9.17, 15) is 4.79 Å². The molecular formula is C13H17Cl2N3O. The number of hydrogen-bond donors (Lipinski definition) is 2. The number of piperidine rings is 1. The molecule has 0 unspecified atom stereocenters. The van der Waals surface area contributed by atoms with Gasteiger partial charge in [-0.05, 0) is 43.6 Å². The zero-order chi connectivity index (χ0) is 13.8. The van der Waals surface area contributed by atoms with Crippen molar-refractivity contribution in [3.05, 3.63) is 33.8 Å². The first-order valence-electron chi connectivity index (χ1n) is 6.27. The van der Waals surface area contributed by atoms with Gasteiger partial charge < -0.3 is 0 Å². The van der Waals surface area contributed by atoms with Gasteiger partial charge in [0, 0.05) is 12.5 Å². The van der Waals surface area contributed by atoms with Crippen LogP contribution in [0.2, 0.25) is 10.0 Å². The Hall–Kier alpha value is -0.810. The van der Waals surface area contributed by atoms with Crippen LogP contribution in [0.1, 0.15) is 18.4 Å². The van der Waals surface area contributed by atoms with Gasteiger partial charge in [0.05, 0.1) is 10.0 Å². The molecule has 19 heavy (non-hydrogen) atoms. The maximum Gasteiger partial charge on any atom is 0.237 e. The van der Waals surface area contributed by atoms with Crippen LogP contribution >= 0.6 is 23.2 Å². The highest BCUT2D eigenvalue weighted by molar-refractivity contribution is 6.42. The van der Waals surface area contributed by atoms with Crippen molar-refractivity contribution in [3.8, 4) is 0 Å². The number of rotatable bonds is 3. The number of likely N-dealkylation sites (tertiary alicyclic amines) is 1. The van der Waals surface area contributed by atoms with Gasteiger partial charge >= 0.3 is 0 Å². The molecule has 1 saturated heterocycles. The van der Waals surface area contributed by atoms with Gasteiger partial charge in [-0.2, -0.15) is 0 Å². The summed E-state index contributed by atoms with van der Waals surface area (Å²) in [5.74, 6) is 5.13. The fourth-order valence-electron chi connectivity index (χ4n) is 2.37. The molecule has 1 amide bonds. The molecule has 1 aliphatic heterocycles. The van der Waals surface area contributed by atoms with Crippen LogP contribution < -0.4 is 11.3 Å². The standard InChI is InChI=1S/C13H17Cl2N3O/c14-11-2-1-9(7-12(11)15)8-18-5-3-10(4-6-18)13(19)17-16/h1-2,7,10H,3-6,8,16H2,(H,17,19). The molecule has 4 nitrogen and oxygen atoms in total. The van der Waals surface area contributed by atoms with Crippen molar-refractivity contribution in [1.29, 1.82) is 0 Å². The predicted octanol–water partition coefficient (Wildman–Crippen LogP) is 2.20. The lowest BCUT2D eigenvalue weighted by Crippen LogP contribution is -2.42. The maximum atomic E-state index is 11.4. The normalized spacial score (nSPS) is 17.4. The smallest absolute Gasteiger partial charge is 0.237 e. The summed E-state index contributed by atoms with van der Waals surface area (Å²) < 4.78 is 0. The van der Waals surface area contributed by atoms with Crippen molar-refractivity contribution >= 4 is 29.1 Å². The number of nitrogens with zero attached hydrogens (tertiary/aromatic N) is 1. The van der Waals surface area contributed by atoms with Gasteiger partial charge in [-0.25, -0.2) is 5.84 Å². The number of carbonyl (C=O) groups excluding carboxylic acids is 1. The first-order chi connectivity index (χ1) is 9.10. The van der Waals surface area contributed by atoms with E-state index in [0.29, 0.717) is 10.0 Å². The molecule has 0 aliphatic carbocycles. The van der Waals surface area contributed by atoms with Crippen molar-refractivity contribution < 1.29 is 4.79 Å². The predicted molar refractivity (Wildman–Crippen MR) is 76.8 cm³/mol. The van der Waals surface area contributed by atoms with E-state index in [4.69, 9.17) is 29.0 Å². The van der Waals surface area contributed by atoms with Crippen molar-refractivity contribution in [1.82, 2.24) is 10.3 Å². The lowest BCUT2D eigenvalue weighted by molar-refractivity contribution is -0.126. The highest BCUT2D eigenvalue weighted by Gasteiger charge is 2.24. The number of benzene rings is 1. The second kappa shape index (κ2) is 6.57. The SMILES string of the molecule is NNC(=O)C1CCN(Cc2ccc(Cl)c(Cl)c2)CC1. The molecule has 1 aromatic rings. The van der Waals surface area contributed by atoms with Crippen LogP contribution in [0, 0.1) is 5.92 Å². The second-order valence-electron chi connectivity index (χ2n) is 4.81. The number of amides is 1. The molecule has 0 radical (unpaired) electrons. The van der Waals surface area contributed by atoms with E-state index >= 15 is 0 Å².